The van der Waals surface area contributed by atoms with Crippen LogP contribution < -0.4 is 16.6 Å². The minimum absolute atomic E-state index is 0.281. The standard InChI is InChI=1S/C17H14FN5OS/c18-12-8-6-11(7-9-12)16(24)23-22-15-14(19)17(21-10-20-15)25-13-4-2-1-3-5-13/h1-10H,19H2,(H,23,24)(H,20,21,22). The summed E-state index contributed by atoms with van der Waals surface area (Å²) < 4.78 is 12.9. The van der Waals surface area contributed by atoms with E-state index < -0.39 is 11.7 Å². The van der Waals surface area contributed by atoms with Crippen molar-refractivity contribution in [3.05, 3.63) is 72.3 Å². The zero-order valence-electron chi connectivity index (χ0n) is 12.9. The molecule has 4 N–H and O–H groups in total. The van der Waals surface area contributed by atoms with E-state index in [1.165, 1.54) is 42.4 Å². The van der Waals surface area contributed by atoms with Crippen molar-refractivity contribution in [1.29, 1.82) is 0 Å². The molecule has 6 nitrogen and oxygen atoms in total. The highest BCUT2D eigenvalue weighted by Crippen LogP contribution is 2.32. The van der Waals surface area contributed by atoms with E-state index in [1.54, 1.807) is 0 Å². The Morgan fingerprint density at radius 3 is 2.48 bits per heavy atom. The van der Waals surface area contributed by atoms with Gasteiger partial charge < -0.3 is 5.73 Å². The minimum atomic E-state index is -0.435. The summed E-state index contributed by atoms with van der Waals surface area (Å²) >= 11 is 1.39. The molecule has 3 rings (SSSR count). The van der Waals surface area contributed by atoms with Crippen molar-refractivity contribution in [3.8, 4) is 0 Å². The first-order valence-corrected chi connectivity index (χ1v) is 8.10. The Morgan fingerprint density at radius 1 is 1.04 bits per heavy atom. The van der Waals surface area contributed by atoms with E-state index in [0.717, 1.165) is 4.90 Å². The monoisotopic (exact) mass is 355 g/mol. The highest BCUT2D eigenvalue weighted by atomic mass is 32.2. The van der Waals surface area contributed by atoms with Crippen LogP contribution in [0.1, 0.15) is 10.4 Å². The number of aromatic nitrogens is 2. The molecular weight excluding hydrogens is 341 g/mol. The van der Waals surface area contributed by atoms with Gasteiger partial charge in [0.1, 0.15) is 22.9 Å². The number of amides is 1. The van der Waals surface area contributed by atoms with Crippen molar-refractivity contribution >= 4 is 29.2 Å². The molecule has 1 aromatic heterocycles. The lowest BCUT2D eigenvalue weighted by atomic mass is 10.2. The van der Waals surface area contributed by atoms with Crippen LogP contribution in [0.15, 0.2) is 70.8 Å². The fourth-order valence-corrected chi connectivity index (χ4v) is 2.77. The number of rotatable bonds is 5. The van der Waals surface area contributed by atoms with Gasteiger partial charge in [0.05, 0.1) is 0 Å². The summed E-state index contributed by atoms with van der Waals surface area (Å²) in [7, 11) is 0. The Morgan fingerprint density at radius 2 is 1.76 bits per heavy atom. The van der Waals surface area contributed by atoms with Crippen LogP contribution in [0, 0.1) is 5.82 Å². The lowest BCUT2D eigenvalue weighted by Crippen LogP contribution is -2.30. The van der Waals surface area contributed by atoms with Gasteiger partial charge >= 0.3 is 0 Å². The second kappa shape index (κ2) is 7.63. The lowest BCUT2D eigenvalue weighted by molar-refractivity contribution is 0.0962. The molecule has 1 heterocycles. The Balaban J connectivity index is 1.69. The number of nitrogens with two attached hydrogens (primary N) is 1. The van der Waals surface area contributed by atoms with Gasteiger partial charge in [-0.1, -0.05) is 30.0 Å². The average Bonchev–Trinajstić information content (AvgIpc) is 2.63. The lowest BCUT2D eigenvalue weighted by Gasteiger charge is -2.11. The Labute approximate surface area is 147 Å². The molecule has 2 aromatic carbocycles. The third kappa shape index (κ3) is 4.24. The average molecular weight is 355 g/mol. The summed E-state index contributed by atoms with van der Waals surface area (Å²) in [6.07, 6.45) is 1.36. The van der Waals surface area contributed by atoms with E-state index in [1.807, 2.05) is 30.3 Å². The molecule has 8 heteroatoms. The molecule has 0 aliphatic rings. The van der Waals surface area contributed by atoms with Crippen molar-refractivity contribution in [2.24, 2.45) is 0 Å². The van der Waals surface area contributed by atoms with Crippen LogP contribution in [0.25, 0.3) is 0 Å². The Hall–Kier alpha value is -3.13. The van der Waals surface area contributed by atoms with Gasteiger partial charge in [0.15, 0.2) is 5.82 Å². The van der Waals surface area contributed by atoms with Crippen LogP contribution in [0.2, 0.25) is 0 Å². The van der Waals surface area contributed by atoms with Crippen LogP contribution in [0.5, 0.6) is 0 Å². The van der Waals surface area contributed by atoms with E-state index in [4.69, 9.17) is 5.73 Å². The second-order valence-electron chi connectivity index (χ2n) is 4.94. The number of benzene rings is 2. The third-order valence-electron chi connectivity index (χ3n) is 3.21. The minimum Gasteiger partial charge on any atom is -0.393 e. The smallest absolute Gasteiger partial charge is 0.269 e. The van der Waals surface area contributed by atoms with Crippen LogP contribution in [-0.4, -0.2) is 15.9 Å². The van der Waals surface area contributed by atoms with Crippen molar-refractivity contribution < 1.29 is 9.18 Å². The topological polar surface area (TPSA) is 92.9 Å². The molecule has 1 amide bonds. The fourth-order valence-electron chi connectivity index (χ4n) is 1.95. The van der Waals surface area contributed by atoms with Crippen molar-refractivity contribution in [1.82, 2.24) is 15.4 Å². The number of nitrogen functional groups attached to an aromatic ring is 1. The van der Waals surface area contributed by atoms with Crippen LogP contribution >= 0.6 is 11.8 Å². The Bertz CT molecular complexity index is 874. The van der Waals surface area contributed by atoms with E-state index in [-0.39, 0.29) is 5.82 Å². The maximum atomic E-state index is 12.9. The summed E-state index contributed by atoms with van der Waals surface area (Å²) in [4.78, 5) is 21.2. The summed E-state index contributed by atoms with van der Waals surface area (Å²) in [5.41, 5.74) is 11.8. The van der Waals surface area contributed by atoms with Gasteiger partial charge in [-0.2, -0.15) is 0 Å². The molecule has 126 valence electrons. The number of carbonyl (C=O) groups excluding carboxylic acids is 1. The van der Waals surface area contributed by atoms with Gasteiger partial charge in [-0.25, -0.2) is 14.4 Å². The van der Waals surface area contributed by atoms with E-state index in [9.17, 15) is 9.18 Å². The highest BCUT2D eigenvalue weighted by molar-refractivity contribution is 7.99. The van der Waals surface area contributed by atoms with E-state index in [2.05, 4.69) is 20.8 Å². The zero-order chi connectivity index (χ0) is 17.6. The first-order valence-electron chi connectivity index (χ1n) is 7.29. The zero-order valence-corrected chi connectivity index (χ0v) is 13.8. The van der Waals surface area contributed by atoms with Crippen LogP contribution in [0.4, 0.5) is 15.9 Å². The van der Waals surface area contributed by atoms with E-state index >= 15 is 0 Å². The molecule has 0 atom stereocenters. The second-order valence-corrected chi connectivity index (χ2v) is 6.00. The molecule has 3 aromatic rings. The predicted octanol–water partition coefficient (Wildman–Crippen LogP) is 3.11. The van der Waals surface area contributed by atoms with Crippen molar-refractivity contribution in [2.75, 3.05) is 11.2 Å². The van der Waals surface area contributed by atoms with Gasteiger partial charge in [-0.3, -0.25) is 15.6 Å². The predicted molar refractivity (Wildman–Crippen MR) is 94.5 cm³/mol. The van der Waals surface area contributed by atoms with Gasteiger partial charge in [0, 0.05) is 10.5 Å². The molecule has 0 fully saturated rings. The molecule has 25 heavy (non-hydrogen) atoms. The molecule has 0 aliphatic carbocycles. The normalized spacial score (nSPS) is 10.3. The molecule has 0 spiro atoms. The Kier molecular flexibility index (Phi) is 5.10. The number of halogens is 1. The third-order valence-corrected chi connectivity index (χ3v) is 4.23. The number of hydrazine groups is 1. The maximum Gasteiger partial charge on any atom is 0.269 e. The van der Waals surface area contributed by atoms with Gasteiger partial charge in [0.25, 0.3) is 5.91 Å². The molecular formula is C17H14FN5OS. The quantitative estimate of drug-likeness (QED) is 0.481. The maximum absolute atomic E-state index is 12.9. The fraction of sp³-hybridized carbons (Fsp3) is 0. The first-order chi connectivity index (χ1) is 12.1. The van der Waals surface area contributed by atoms with Crippen molar-refractivity contribution in [2.45, 2.75) is 9.92 Å². The number of hydrogen-bond donors (Lipinski definition) is 3. The number of nitrogens with one attached hydrogen (secondary N) is 2. The van der Waals surface area contributed by atoms with Gasteiger partial charge in [-0.05, 0) is 36.4 Å². The summed E-state index contributed by atoms with van der Waals surface area (Å²) in [5, 5.41) is 0.569. The number of nitrogens with zero attached hydrogens (tertiary/aromatic N) is 2. The summed E-state index contributed by atoms with van der Waals surface area (Å²) in [6.45, 7) is 0. The summed E-state index contributed by atoms with van der Waals surface area (Å²) in [5.74, 6) is -0.564. The molecule has 0 bridgehead atoms. The molecule has 0 saturated heterocycles. The first kappa shape index (κ1) is 16.7. The number of carbonyl (C=O) groups is 1. The molecule has 0 aliphatic heterocycles. The SMILES string of the molecule is Nc1c(NNC(=O)c2ccc(F)cc2)ncnc1Sc1ccccc1. The molecule has 0 radical (unpaired) electrons. The van der Waals surface area contributed by atoms with Crippen LogP contribution in [-0.2, 0) is 0 Å². The highest BCUT2D eigenvalue weighted by Gasteiger charge is 2.11. The van der Waals surface area contributed by atoms with Crippen LogP contribution in [0.3, 0.4) is 0 Å². The summed E-state index contributed by atoms with van der Waals surface area (Å²) in [6, 6.07) is 14.8. The van der Waals surface area contributed by atoms with Gasteiger partial charge in [-0.15, -0.1) is 0 Å². The number of anilines is 2. The van der Waals surface area contributed by atoms with Crippen molar-refractivity contribution in [3.63, 3.8) is 0 Å². The largest absolute Gasteiger partial charge is 0.393 e. The molecule has 0 saturated carbocycles. The molecule has 0 unspecified atom stereocenters. The number of hydrogen-bond acceptors (Lipinski definition) is 6. The van der Waals surface area contributed by atoms with Gasteiger partial charge in [0.2, 0.25) is 0 Å². The van der Waals surface area contributed by atoms with E-state index in [0.29, 0.717) is 16.3 Å².